The molecule has 0 spiro atoms. The van der Waals surface area contributed by atoms with E-state index < -0.39 is 17.6 Å². The summed E-state index contributed by atoms with van der Waals surface area (Å²) in [5.41, 5.74) is -0.535. The number of amides is 1. The van der Waals surface area contributed by atoms with E-state index in [4.69, 9.17) is 9.47 Å². The molecule has 0 fully saturated rings. The highest BCUT2D eigenvalue weighted by atomic mass is 127. The Hall–Kier alpha value is -1.12. The molecule has 1 aromatic rings. The molecule has 1 heterocycles. The van der Waals surface area contributed by atoms with Crippen LogP contribution in [-0.4, -0.2) is 41.8 Å². The molecule has 1 amide bonds. The van der Waals surface area contributed by atoms with Crippen LogP contribution in [0.5, 0.6) is 5.88 Å². The van der Waals surface area contributed by atoms with E-state index in [0.717, 1.165) is 0 Å². The van der Waals surface area contributed by atoms with Gasteiger partial charge in [0.1, 0.15) is 12.2 Å². The zero-order chi connectivity index (χ0) is 15.3. The van der Waals surface area contributed by atoms with Crippen molar-refractivity contribution >= 4 is 28.7 Å². The molecule has 0 aliphatic heterocycles. The molecule has 0 atom stereocenters. The van der Waals surface area contributed by atoms with Crippen LogP contribution in [0.4, 0.5) is 9.18 Å². The summed E-state index contributed by atoms with van der Waals surface area (Å²) in [4.78, 5) is 16.7. The smallest absolute Gasteiger partial charge is 0.410 e. The number of nitrogens with zero attached hydrogens (tertiary/aromatic N) is 2. The van der Waals surface area contributed by atoms with Crippen LogP contribution in [0.2, 0.25) is 0 Å². The maximum absolute atomic E-state index is 13.0. The molecule has 112 valence electrons. The van der Waals surface area contributed by atoms with E-state index in [1.807, 2.05) is 22.6 Å². The molecular weight excluding hydrogens is 378 g/mol. The summed E-state index contributed by atoms with van der Waals surface area (Å²) < 4.78 is 24.3. The predicted molar refractivity (Wildman–Crippen MR) is 81.3 cm³/mol. The number of carbonyl (C=O) groups is 1. The minimum Gasteiger partial charge on any atom is -0.476 e. The van der Waals surface area contributed by atoms with Crippen LogP contribution in [0.25, 0.3) is 0 Å². The van der Waals surface area contributed by atoms with Gasteiger partial charge in [0.05, 0.1) is 6.54 Å². The van der Waals surface area contributed by atoms with Crippen molar-refractivity contribution in [1.82, 2.24) is 9.88 Å². The molecule has 0 aromatic carbocycles. The molecule has 0 N–H and O–H groups in total. The Morgan fingerprint density at radius 1 is 1.45 bits per heavy atom. The second kappa shape index (κ2) is 7.05. The van der Waals surface area contributed by atoms with Crippen molar-refractivity contribution in [2.45, 2.75) is 26.4 Å². The molecule has 5 nitrogen and oxygen atoms in total. The second-order valence-electron chi connectivity index (χ2n) is 5.20. The van der Waals surface area contributed by atoms with Crippen molar-refractivity contribution in [3.8, 4) is 5.88 Å². The molecule has 0 bridgehead atoms. The van der Waals surface area contributed by atoms with E-state index in [2.05, 4.69) is 4.98 Å². The average Bonchev–Trinajstić information content (AvgIpc) is 2.25. The third-order valence-electron chi connectivity index (χ3n) is 2.12. The molecule has 0 radical (unpaired) electrons. The molecule has 1 rings (SSSR count). The molecule has 0 aliphatic carbocycles. The number of carbonyl (C=O) groups excluding carboxylic acids is 1. The lowest BCUT2D eigenvalue weighted by Gasteiger charge is -2.24. The Labute approximate surface area is 131 Å². The van der Waals surface area contributed by atoms with Gasteiger partial charge in [-0.25, -0.2) is 4.79 Å². The maximum atomic E-state index is 13.0. The Balaban J connectivity index is 2.42. The van der Waals surface area contributed by atoms with Gasteiger partial charge in [-0.1, -0.05) is 0 Å². The van der Waals surface area contributed by atoms with Crippen molar-refractivity contribution in [2.24, 2.45) is 0 Å². The molecule has 7 heteroatoms. The summed E-state index contributed by atoms with van der Waals surface area (Å²) in [6, 6.07) is 2.93. The quantitative estimate of drug-likeness (QED) is 0.580. The molecule has 0 aliphatic rings. The lowest BCUT2D eigenvalue weighted by atomic mass is 10.2. The molecule has 0 saturated carbocycles. The lowest BCUT2D eigenvalue weighted by molar-refractivity contribution is 0.0277. The maximum Gasteiger partial charge on any atom is 0.410 e. The van der Waals surface area contributed by atoms with Gasteiger partial charge in [0.2, 0.25) is 11.8 Å². The molecule has 0 unspecified atom stereocenters. The van der Waals surface area contributed by atoms with Gasteiger partial charge in [0, 0.05) is 22.8 Å². The highest BCUT2D eigenvalue weighted by molar-refractivity contribution is 14.1. The van der Waals surface area contributed by atoms with Gasteiger partial charge in [0.15, 0.2) is 0 Å². The van der Waals surface area contributed by atoms with E-state index >= 15 is 0 Å². The van der Waals surface area contributed by atoms with Crippen LogP contribution >= 0.6 is 22.6 Å². The second-order valence-corrected chi connectivity index (χ2v) is 6.44. The Morgan fingerprint density at radius 3 is 2.65 bits per heavy atom. The van der Waals surface area contributed by atoms with Gasteiger partial charge in [0.25, 0.3) is 0 Å². The predicted octanol–water partition coefficient (Wildman–Crippen LogP) is 3.07. The van der Waals surface area contributed by atoms with Crippen LogP contribution in [-0.2, 0) is 4.74 Å². The zero-order valence-electron chi connectivity index (χ0n) is 11.9. The van der Waals surface area contributed by atoms with Crippen molar-refractivity contribution < 1.29 is 18.7 Å². The fraction of sp³-hybridized carbons (Fsp3) is 0.538. The van der Waals surface area contributed by atoms with E-state index in [0.29, 0.717) is 10.1 Å². The van der Waals surface area contributed by atoms with Crippen LogP contribution in [0, 0.1) is 9.52 Å². The number of hydrogen-bond acceptors (Lipinski definition) is 4. The number of halogens is 2. The van der Waals surface area contributed by atoms with Gasteiger partial charge in [-0.3, -0.25) is 0 Å². The van der Waals surface area contributed by atoms with Gasteiger partial charge >= 0.3 is 6.09 Å². The first-order valence-corrected chi connectivity index (χ1v) is 7.15. The van der Waals surface area contributed by atoms with Crippen LogP contribution in [0.15, 0.2) is 12.1 Å². The third-order valence-corrected chi connectivity index (χ3v) is 2.74. The fourth-order valence-electron chi connectivity index (χ4n) is 1.24. The van der Waals surface area contributed by atoms with E-state index in [-0.39, 0.29) is 12.5 Å². The first kappa shape index (κ1) is 16.9. The molecule has 1 aromatic heterocycles. The number of pyridine rings is 1. The zero-order valence-corrected chi connectivity index (χ0v) is 14.1. The van der Waals surface area contributed by atoms with Crippen LogP contribution in [0.3, 0.4) is 0 Å². The van der Waals surface area contributed by atoms with Gasteiger partial charge in [-0.15, -0.1) is 0 Å². The number of aromatic nitrogens is 1. The minimum absolute atomic E-state index is 0.201. The highest BCUT2D eigenvalue weighted by Gasteiger charge is 2.19. The van der Waals surface area contributed by atoms with Gasteiger partial charge in [-0.05, 0) is 43.4 Å². The number of rotatable bonds is 4. The lowest BCUT2D eigenvalue weighted by Crippen LogP contribution is -2.36. The third kappa shape index (κ3) is 6.36. The number of ether oxygens (including phenoxy) is 2. The minimum atomic E-state index is -0.590. The van der Waals surface area contributed by atoms with E-state index in [1.165, 1.54) is 11.0 Å². The SMILES string of the molecule is CN(CCOc1cc(I)cc(F)n1)C(=O)OC(C)(C)C. The Bertz CT molecular complexity index is 457. The average molecular weight is 396 g/mol. The Morgan fingerprint density at radius 2 is 2.10 bits per heavy atom. The monoisotopic (exact) mass is 396 g/mol. The number of likely N-dealkylation sites (N-methyl/N-ethyl adjacent to an activating group) is 1. The van der Waals surface area contributed by atoms with Crippen molar-refractivity contribution in [3.05, 3.63) is 21.7 Å². The van der Waals surface area contributed by atoms with Crippen molar-refractivity contribution in [1.29, 1.82) is 0 Å². The summed E-state index contributed by atoms with van der Waals surface area (Å²) in [7, 11) is 1.61. The summed E-state index contributed by atoms with van der Waals surface area (Å²) in [5, 5.41) is 0. The topological polar surface area (TPSA) is 51.7 Å². The standard InChI is InChI=1S/C13H18FIN2O3/c1-13(2,3)20-12(18)17(4)5-6-19-11-8-9(15)7-10(14)16-11/h7-8H,5-6H2,1-4H3. The largest absolute Gasteiger partial charge is 0.476 e. The molecule has 20 heavy (non-hydrogen) atoms. The van der Waals surface area contributed by atoms with Crippen molar-refractivity contribution in [2.75, 3.05) is 20.2 Å². The van der Waals surface area contributed by atoms with Crippen LogP contribution in [0.1, 0.15) is 20.8 Å². The van der Waals surface area contributed by atoms with Crippen LogP contribution < -0.4 is 4.74 Å². The highest BCUT2D eigenvalue weighted by Crippen LogP contribution is 2.14. The number of hydrogen-bond donors (Lipinski definition) is 0. The molecule has 0 saturated heterocycles. The Kier molecular flexibility index (Phi) is 5.97. The summed E-state index contributed by atoms with van der Waals surface area (Å²) in [5.74, 6) is -0.389. The summed E-state index contributed by atoms with van der Waals surface area (Å²) in [6.45, 7) is 5.93. The van der Waals surface area contributed by atoms with Gasteiger partial charge < -0.3 is 14.4 Å². The molecular formula is C13H18FIN2O3. The normalized spacial score (nSPS) is 11.1. The van der Waals surface area contributed by atoms with Crippen molar-refractivity contribution in [3.63, 3.8) is 0 Å². The van der Waals surface area contributed by atoms with Gasteiger partial charge in [-0.2, -0.15) is 9.37 Å². The van der Waals surface area contributed by atoms with E-state index in [9.17, 15) is 9.18 Å². The summed E-state index contributed by atoms with van der Waals surface area (Å²) in [6.07, 6.45) is -0.428. The first-order valence-electron chi connectivity index (χ1n) is 6.07. The summed E-state index contributed by atoms with van der Waals surface area (Å²) >= 11 is 1.98. The fourth-order valence-corrected chi connectivity index (χ4v) is 1.76. The first-order chi connectivity index (χ1) is 9.17. The van der Waals surface area contributed by atoms with E-state index in [1.54, 1.807) is 33.9 Å².